The summed E-state index contributed by atoms with van der Waals surface area (Å²) < 4.78 is 40.5. The number of piperidine rings is 1. The number of anilines is 1. The van der Waals surface area contributed by atoms with Crippen LogP contribution in [0.15, 0.2) is 53.4 Å². The number of rotatable bonds is 4. The maximum absolute atomic E-state index is 13.2. The van der Waals surface area contributed by atoms with E-state index in [1.165, 1.54) is 34.6 Å². The number of hydrogen-bond donors (Lipinski definition) is 1. The maximum atomic E-state index is 13.2. The van der Waals surface area contributed by atoms with E-state index in [1.54, 1.807) is 12.1 Å². The smallest absolute Gasteiger partial charge is 0.255 e. The number of nitrogens with zero attached hydrogens (tertiary/aromatic N) is 1. The standard InChI is InChI=1S/C20H23FN2O3S/c1-14-10-15(2)13-23(12-14)27(25,26)19-8-6-18(7-9-19)22-20(24)16-4-3-5-17(21)11-16/h3-9,11,14-15H,10,12-13H2,1-2H3,(H,22,24)/t14-,15+. The molecule has 2 atom stereocenters. The molecule has 1 saturated heterocycles. The van der Waals surface area contributed by atoms with Crippen LogP contribution in [-0.2, 0) is 10.0 Å². The molecule has 0 spiro atoms. The van der Waals surface area contributed by atoms with Gasteiger partial charge < -0.3 is 5.32 Å². The Morgan fingerprint density at radius 3 is 2.30 bits per heavy atom. The summed E-state index contributed by atoms with van der Waals surface area (Å²) in [6.45, 7) is 5.15. The Balaban J connectivity index is 1.74. The highest BCUT2D eigenvalue weighted by Crippen LogP contribution is 2.27. The molecule has 1 aliphatic heterocycles. The first-order valence-corrected chi connectivity index (χ1v) is 10.4. The molecule has 7 heteroatoms. The van der Waals surface area contributed by atoms with Crippen molar-refractivity contribution >= 4 is 21.6 Å². The van der Waals surface area contributed by atoms with E-state index < -0.39 is 21.7 Å². The predicted octanol–water partition coefficient (Wildman–Crippen LogP) is 3.74. The molecule has 27 heavy (non-hydrogen) atoms. The number of benzene rings is 2. The molecule has 3 rings (SSSR count). The van der Waals surface area contributed by atoms with E-state index >= 15 is 0 Å². The molecular formula is C20H23FN2O3S. The van der Waals surface area contributed by atoms with E-state index in [-0.39, 0.29) is 10.5 Å². The molecule has 2 aromatic carbocycles. The van der Waals surface area contributed by atoms with Gasteiger partial charge in [-0.05, 0) is 60.7 Å². The van der Waals surface area contributed by atoms with Crippen molar-refractivity contribution in [2.75, 3.05) is 18.4 Å². The molecule has 0 aromatic heterocycles. The van der Waals surface area contributed by atoms with Crippen LogP contribution in [0.3, 0.4) is 0 Å². The lowest BCUT2D eigenvalue weighted by Gasteiger charge is -2.34. The third-order valence-corrected chi connectivity index (χ3v) is 6.52. The van der Waals surface area contributed by atoms with Crippen molar-refractivity contribution in [1.82, 2.24) is 4.31 Å². The highest BCUT2D eigenvalue weighted by atomic mass is 32.2. The van der Waals surface area contributed by atoms with Gasteiger partial charge in [0.1, 0.15) is 5.82 Å². The maximum Gasteiger partial charge on any atom is 0.255 e. The van der Waals surface area contributed by atoms with Crippen LogP contribution in [0.5, 0.6) is 0 Å². The van der Waals surface area contributed by atoms with Crippen molar-refractivity contribution in [2.45, 2.75) is 25.2 Å². The van der Waals surface area contributed by atoms with Gasteiger partial charge in [-0.3, -0.25) is 4.79 Å². The topological polar surface area (TPSA) is 66.5 Å². The van der Waals surface area contributed by atoms with Crippen LogP contribution in [0.25, 0.3) is 0 Å². The van der Waals surface area contributed by atoms with E-state index in [4.69, 9.17) is 0 Å². The van der Waals surface area contributed by atoms with Crippen LogP contribution in [0.2, 0.25) is 0 Å². The zero-order valence-corrected chi connectivity index (χ0v) is 16.2. The fourth-order valence-corrected chi connectivity index (χ4v) is 5.17. The average molecular weight is 390 g/mol. The Hall–Kier alpha value is -2.25. The van der Waals surface area contributed by atoms with E-state index in [1.807, 2.05) is 0 Å². The Bertz CT molecular complexity index is 918. The second-order valence-electron chi connectivity index (χ2n) is 7.26. The van der Waals surface area contributed by atoms with Crippen molar-refractivity contribution in [2.24, 2.45) is 11.8 Å². The molecule has 5 nitrogen and oxygen atoms in total. The molecule has 144 valence electrons. The minimum Gasteiger partial charge on any atom is -0.322 e. The van der Waals surface area contributed by atoms with Gasteiger partial charge in [-0.25, -0.2) is 12.8 Å². The number of nitrogens with one attached hydrogen (secondary N) is 1. The first-order chi connectivity index (χ1) is 12.8. The molecule has 1 amide bonds. The van der Waals surface area contributed by atoms with Crippen LogP contribution in [0.1, 0.15) is 30.6 Å². The number of carbonyl (C=O) groups is 1. The number of halogens is 1. The largest absolute Gasteiger partial charge is 0.322 e. The molecule has 1 fully saturated rings. The van der Waals surface area contributed by atoms with Crippen molar-refractivity contribution in [3.63, 3.8) is 0 Å². The second-order valence-corrected chi connectivity index (χ2v) is 9.19. The summed E-state index contributed by atoms with van der Waals surface area (Å²) in [5.41, 5.74) is 0.645. The molecule has 0 saturated carbocycles. The predicted molar refractivity (Wildman–Crippen MR) is 102 cm³/mol. The van der Waals surface area contributed by atoms with Crippen LogP contribution in [0.4, 0.5) is 10.1 Å². The molecule has 2 aromatic rings. The van der Waals surface area contributed by atoms with Gasteiger partial charge in [0.05, 0.1) is 4.90 Å². The van der Waals surface area contributed by atoms with Crippen LogP contribution < -0.4 is 5.32 Å². The first-order valence-electron chi connectivity index (χ1n) is 8.93. The fraction of sp³-hybridized carbons (Fsp3) is 0.350. The Kier molecular flexibility index (Phi) is 5.62. The van der Waals surface area contributed by atoms with Gasteiger partial charge in [0.15, 0.2) is 0 Å². The fourth-order valence-electron chi connectivity index (χ4n) is 3.49. The highest BCUT2D eigenvalue weighted by Gasteiger charge is 2.31. The van der Waals surface area contributed by atoms with Gasteiger partial charge in [0.2, 0.25) is 10.0 Å². The van der Waals surface area contributed by atoms with E-state index in [2.05, 4.69) is 19.2 Å². The summed E-state index contributed by atoms with van der Waals surface area (Å²) in [7, 11) is -3.56. The monoisotopic (exact) mass is 390 g/mol. The normalized spacial score (nSPS) is 21.0. The molecule has 1 heterocycles. The van der Waals surface area contributed by atoms with Crippen LogP contribution >= 0.6 is 0 Å². The number of sulfonamides is 1. The lowest BCUT2D eigenvalue weighted by molar-refractivity contribution is 0.102. The average Bonchev–Trinajstić information content (AvgIpc) is 2.61. The minimum atomic E-state index is -3.56. The van der Waals surface area contributed by atoms with Gasteiger partial charge in [-0.15, -0.1) is 0 Å². The zero-order chi connectivity index (χ0) is 19.6. The summed E-state index contributed by atoms with van der Waals surface area (Å²) >= 11 is 0. The summed E-state index contributed by atoms with van der Waals surface area (Å²) in [4.78, 5) is 12.4. The Morgan fingerprint density at radius 1 is 1.07 bits per heavy atom. The van der Waals surface area contributed by atoms with Gasteiger partial charge in [0, 0.05) is 24.3 Å². The van der Waals surface area contributed by atoms with Crippen molar-refractivity contribution in [1.29, 1.82) is 0 Å². The Morgan fingerprint density at radius 2 is 1.70 bits per heavy atom. The highest BCUT2D eigenvalue weighted by molar-refractivity contribution is 7.89. The summed E-state index contributed by atoms with van der Waals surface area (Å²) in [6.07, 6.45) is 1.02. The SMILES string of the molecule is C[C@@H]1C[C@H](C)CN(S(=O)(=O)c2ccc(NC(=O)c3cccc(F)c3)cc2)C1. The summed E-state index contributed by atoms with van der Waals surface area (Å²) in [5, 5.41) is 2.64. The molecule has 0 radical (unpaired) electrons. The van der Waals surface area contributed by atoms with Crippen molar-refractivity contribution < 1.29 is 17.6 Å². The first kappa shape index (κ1) is 19.5. The number of hydrogen-bond acceptors (Lipinski definition) is 3. The van der Waals surface area contributed by atoms with Gasteiger partial charge in [-0.1, -0.05) is 19.9 Å². The van der Waals surface area contributed by atoms with Gasteiger partial charge in [-0.2, -0.15) is 4.31 Å². The number of amides is 1. The molecule has 0 aliphatic carbocycles. The van der Waals surface area contributed by atoms with Crippen LogP contribution in [-0.4, -0.2) is 31.7 Å². The summed E-state index contributed by atoms with van der Waals surface area (Å²) in [5.74, 6) is -0.292. The quantitative estimate of drug-likeness (QED) is 0.865. The van der Waals surface area contributed by atoms with E-state index in [0.29, 0.717) is 30.6 Å². The second kappa shape index (κ2) is 7.78. The van der Waals surface area contributed by atoms with Crippen LogP contribution in [0, 0.1) is 17.7 Å². The molecule has 1 aliphatic rings. The van der Waals surface area contributed by atoms with Gasteiger partial charge in [0.25, 0.3) is 5.91 Å². The lowest BCUT2D eigenvalue weighted by atomic mass is 9.94. The summed E-state index contributed by atoms with van der Waals surface area (Å²) in [6, 6.07) is 11.4. The molecule has 0 bridgehead atoms. The van der Waals surface area contributed by atoms with E-state index in [9.17, 15) is 17.6 Å². The van der Waals surface area contributed by atoms with Gasteiger partial charge >= 0.3 is 0 Å². The molecule has 0 unspecified atom stereocenters. The van der Waals surface area contributed by atoms with E-state index in [0.717, 1.165) is 12.5 Å². The van der Waals surface area contributed by atoms with Crippen molar-refractivity contribution in [3.05, 3.63) is 59.9 Å². The third-order valence-electron chi connectivity index (χ3n) is 4.67. The molecular weight excluding hydrogens is 367 g/mol. The molecule has 1 N–H and O–H groups in total. The third kappa shape index (κ3) is 4.54. The minimum absolute atomic E-state index is 0.197. The zero-order valence-electron chi connectivity index (χ0n) is 15.4. The van der Waals surface area contributed by atoms with Crippen molar-refractivity contribution in [3.8, 4) is 0 Å². The lowest BCUT2D eigenvalue weighted by Crippen LogP contribution is -2.42. The Labute approximate surface area is 159 Å². The number of carbonyl (C=O) groups excluding carboxylic acids is 1.